The van der Waals surface area contributed by atoms with Crippen molar-refractivity contribution in [3.8, 4) is 0 Å². The summed E-state index contributed by atoms with van der Waals surface area (Å²) in [5, 5.41) is 10.6. The van der Waals surface area contributed by atoms with Crippen LogP contribution in [0.15, 0.2) is 89.2 Å². The summed E-state index contributed by atoms with van der Waals surface area (Å²) < 4.78 is 32.4. The number of hydrogen-bond donors (Lipinski definition) is 1. The summed E-state index contributed by atoms with van der Waals surface area (Å²) in [7, 11) is -3.76. The zero-order chi connectivity index (χ0) is 19.5. The molecule has 0 heterocycles. The molecule has 3 atom stereocenters. The first kappa shape index (κ1) is 19.5. The molecule has 1 aliphatic rings. The van der Waals surface area contributed by atoms with Crippen LogP contribution in [0.1, 0.15) is 18.9 Å². The van der Waals surface area contributed by atoms with E-state index in [0.29, 0.717) is 13.0 Å². The van der Waals surface area contributed by atoms with E-state index >= 15 is 0 Å². The molecule has 0 saturated heterocycles. The minimum Gasteiger partial charge on any atom is -0.392 e. The summed E-state index contributed by atoms with van der Waals surface area (Å²) in [5.41, 5.74) is 0.0892. The normalized spacial score (nSPS) is 25.6. The molecular weight excluding hydrogens is 360 g/mol. The fourth-order valence-electron chi connectivity index (χ4n) is 3.38. The first-order valence-corrected chi connectivity index (χ1v) is 10.4. The van der Waals surface area contributed by atoms with E-state index < -0.39 is 27.5 Å². The van der Waals surface area contributed by atoms with Gasteiger partial charge < -0.3 is 9.84 Å². The molecule has 4 nitrogen and oxygen atoms in total. The molecule has 0 spiro atoms. The van der Waals surface area contributed by atoms with Gasteiger partial charge in [0.25, 0.3) is 0 Å². The molecule has 2 aromatic rings. The monoisotopic (exact) mass is 384 g/mol. The highest BCUT2D eigenvalue weighted by atomic mass is 32.2. The van der Waals surface area contributed by atoms with Crippen LogP contribution in [0, 0.1) is 5.92 Å². The van der Waals surface area contributed by atoms with Gasteiger partial charge in [-0.3, -0.25) is 0 Å². The fraction of sp³-hybridized carbons (Fsp3) is 0.273. The maximum absolute atomic E-state index is 13.2. The van der Waals surface area contributed by atoms with Crippen molar-refractivity contribution in [2.45, 2.75) is 36.6 Å². The second-order valence-corrected chi connectivity index (χ2v) is 8.93. The molecule has 5 heteroatoms. The Balaban J connectivity index is 1.97. The van der Waals surface area contributed by atoms with E-state index in [0.717, 1.165) is 5.56 Å². The van der Waals surface area contributed by atoms with Gasteiger partial charge in [0.15, 0.2) is 0 Å². The van der Waals surface area contributed by atoms with Gasteiger partial charge in [-0.15, -0.1) is 6.58 Å². The SMILES string of the molecule is C=C[C@@H]1C(S(=O)(=O)c2ccccc2)=C[C@@](C)(OCc2ccccc2)C[C@@H]1O. The lowest BCUT2D eigenvalue weighted by Gasteiger charge is -2.38. The summed E-state index contributed by atoms with van der Waals surface area (Å²) >= 11 is 0. The molecule has 0 aromatic heterocycles. The van der Waals surface area contributed by atoms with E-state index in [1.807, 2.05) is 30.3 Å². The molecule has 3 rings (SSSR count). The largest absolute Gasteiger partial charge is 0.392 e. The Bertz CT molecular complexity index is 919. The Morgan fingerprint density at radius 2 is 1.74 bits per heavy atom. The highest BCUT2D eigenvalue weighted by molar-refractivity contribution is 7.95. The number of benzene rings is 2. The predicted molar refractivity (Wildman–Crippen MR) is 106 cm³/mol. The standard InChI is InChI=1S/C22H24O4S/c1-3-19-20(23)14-22(2,26-16-17-10-6-4-7-11-17)15-21(19)27(24,25)18-12-8-5-9-13-18/h3-13,15,19-20,23H,1,14,16H2,2H3/t19-,20-,22-/m0/s1. The molecular formula is C22H24O4S. The van der Waals surface area contributed by atoms with Gasteiger partial charge in [0.2, 0.25) is 9.84 Å². The van der Waals surface area contributed by atoms with Crippen LogP contribution in [0.5, 0.6) is 0 Å². The molecule has 0 radical (unpaired) electrons. The van der Waals surface area contributed by atoms with Crippen molar-refractivity contribution in [3.05, 3.63) is 89.9 Å². The van der Waals surface area contributed by atoms with Crippen molar-refractivity contribution in [1.82, 2.24) is 0 Å². The molecule has 0 aliphatic heterocycles. The molecule has 1 aliphatic carbocycles. The Hall–Kier alpha value is -2.21. The van der Waals surface area contributed by atoms with E-state index in [1.165, 1.54) is 6.08 Å². The summed E-state index contributed by atoms with van der Waals surface area (Å²) in [6, 6.07) is 17.9. The van der Waals surface area contributed by atoms with Crippen LogP contribution in [-0.4, -0.2) is 25.2 Å². The molecule has 2 aromatic carbocycles. The van der Waals surface area contributed by atoms with Crippen molar-refractivity contribution in [3.63, 3.8) is 0 Å². The Morgan fingerprint density at radius 1 is 1.15 bits per heavy atom. The van der Waals surface area contributed by atoms with Gasteiger partial charge in [-0.05, 0) is 30.7 Å². The van der Waals surface area contributed by atoms with Crippen LogP contribution >= 0.6 is 0 Å². The average Bonchev–Trinajstić information content (AvgIpc) is 2.67. The lowest BCUT2D eigenvalue weighted by molar-refractivity contribution is -0.0506. The van der Waals surface area contributed by atoms with E-state index in [-0.39, 0.29) is 9.80 Å². The summed E-state index contributed by atoms with van der Waals surface area (Å²) in [5.74, 6) is -0.663. The lowest BCUT2D eigenvalue weighted by Crippen LogP contribution is -2.41. The molecule has 1 N–H and O–H groups in total. The van der Waals surface area contributed by atoms with Crippen LogP contribution in [-0.2, 0) is 21.2 Å². The van der Waals surface area contributed by atoms with Crippen LogP contribution in [0.2, 0.25) is 0 Å². The minimum absolute atomic E-state index is 0.137. The smallest absolute Gasteiger partial charge is 0.203 e. The second kappa shape index (κ2) is 7.80. The number of aliphatic hydroxyl groups excluding tert-OH is 1. The van der Waals surface area contributed by atoms with Crippen LogP contribution < -0.4 is 0 Å². The van der Waals surface area contributed by atoms with Crippen molar-refractivity contribution < 1.29 is 18.3 Å². The molecule has 0 unspecified atom stereocenters. The summed E-state index contributed by atoms with van der Waals surface area (Å²) in [6.07, 6.45) is 2.54. The zero-order valence-corrected chi connectivity index (χ0v) is 16.1. The van der Waals surface area contributed by atoms with Gasteiger partial charge in [-0.25, -0.2) is 8.42 Å². The molecule has 27 heavy (non-hydrogen) atoms. The molecule has 0 fully saturated rings. The molecule has 0 bridgehead atoms. The van der Waals surface area contributed by atoms with Crippen molar-refractivity contribution in [2.24, 2.45) is 5.92 Å². The van der Waals surface area contributed by atoms with E-state index in [9.17, 15) is 13.5 Å². The van der Waals surface area contributed by atoms with Gasteiger partial charge in [0.1, 0.15) is 0 Å². The number of rotatable bonds is 6. The third-order valence-corrected chi connectivity index (χ3v) is 6.74. The summed E-state index contributed by atoms with van der Waals surface area (Å²) in [6.45, 7) is 5.86. The molecule has 0 amide bonds. The quantitative estimate of drug-likeness (QED) is 0.768. The number of ether oxygens (including phenoxy) is 1. The van der Waals surface area contributed by atoms with Crippen molar-refractivity contribution in [2.75, 3.05) is 0 Å². The van der Waals surface area contributed by atoms with Gasteiger partial charge >= 0.3 is 0 Å². The van der Waals surface area contributed by atoms with E-state index in [1.54, 1.807) is 43.3 Å². The average molecular weight is 384 g/mol. The van der Waals surface area contributed by atoms with Gasteiger partial charge in [0.05, 0.1) is 28.1 Å². The van der Waals surface area contributed by atoms with E-state index in [4.69, 9.17) is 4.74 Å². The Kier molecular flexibility index (Phi) is 5.65. The number of aliphatic hydroxyl groups is 1. The van der Waals surface area contributed by atoms with Gasteiger partial charge in [0, 0.05) is 12.3 Å². The maximum atomic E-state index is 13.2. The minimum atomic E-state index is -3.76. The topological polar surface area (TPSA) is 63.6 Å². The van der Waals surface area contributed by atoms with E-state index in [2.05, 4.69) is 6.58 Å². The van der Waals surface area contributed by atoms with Crippen LogP contribution in [0.25, 0.3) is 0 Å². The molecule has 142 valence electrons. The summed E-state index contributed by atoms with van der Waals surface area (Å²) in [4.78, 5) is 0.334. The highest BCUT2D eigenvalue weighted by Gasteiger charge is 2.41. The third kappa shape index (κ3) is 4.21. The highest BCUT2D eigenvalue weighted by Crippen LogP contribution is 2.39. The zero-order valence-electron chi connectivity index (χ0n) is 15.3. The first-order chi connectivity index (χ1) is 12.9. The maximum Gasteiger partial charge on any atom is 0.203 e. The fourth-order valence-corrected chi connectivity index (χ4v) is 5.18. The van der Waals surface area contributed by atoms with Crippen LogP contribution in [0.3, 0.4) is 0 Å². The van der Waals surface area contributed by atoms with Crippen molar-refractivity contribution in [1.29, 1.82) is 0 Å². The number of hydrogen-bond acceptors (Lipinski definition) is 4. The lowest BCUT2D eigenvalue weighted by atomic mass is 9.83. The van der Waals surface area contributed by atoms with Gasteiger partial charge in [-0.2, -0.15) is 0 Å². The Morgan fingerprint density at radius 3 is 2.33 bits per heavy atom. The third-order valence-electron chi connectivity index (χ3n) is 4.83. The number of sulfone groups is 1. The van der Waals surface area contributed by atoms with Crippen molar-refractivity contribution >= 4 is 9.84 Å². The predicted octanol–water partition coefficient (Wildman–Crippen LogP) is 3.89. The second-order valence-electron chi connectivity index (χ2n) is 6.98. The van der Waals surface area contributed by atoms with Gasteiger partial charge in [-0.1, -0.05) is 54.6 Å². The van der Waals surface area contributed by atoms with Crippen LogP contribution in [0.4, 0.5) is 0 Å². The molecule has 0 saturated carbocycles. The Labute approximate surface area is 160 Å². The first-order valence-electron chi connectivity index (χ1n) is 8.87.